The Hall–Kier alpha value is -3.26. The smallest absolute Gasteiger partial charge is 0.256 e. The summed E-state index contributed by atoms with van der Waals surface area (Å²) < 4.78 is 6.25. The second-order valence-electron chi connectivity index (χ2n) is 10.5. The van der Waals surface area contributed by atoms with E-state index in [4.69, 9.17) is 4.74 Å². The lowest BCUT2D eigenvalue weighted by Gasteiger charge is -2.44. The molecule has 1 atom stereocenters. The van der Waals surface area contributed by atoms with Gasteiger partial charge in [0.15, 0.2) is 0 Å². The molecule has 0 radical (unpaired) electrons. The zero-order valence-electron chi connectivity index (χ0n) is 20.7. The predicted molar refractivity (Wildman–Crippen MR) is 131 cm³/mol. The number of hydrogen-bond acceptors (Lipinski definition) is 5. The topological polar surface area (TPSA) is 91.8 Å². The second-order valence-corrected chi connectivity index (χ2v) is 10.5. The summed E-state index contributed by atoms with van der Waals surface area (Å²) in [6, 6.07) is 11.9. The summed E-state index contributed by atoms with van der Waals surface area (Å²) in [5, 5.41) is 2.93. The molecule has 0 saturated carbocycles. The van der Waals surface area contributed by atoms with Crippen LogP contribution in [0, 0.1) is 5.41 Å². The van der Waals surface area contributed by atoms with Gasteiger partial charge in [-0.1, -0.05) is 45.0 Å². The third-order valence-corrected chi connectivity index (χ3v) is 6.57. The van der Waals surface area contributed by atoms with Gasteiger partial charge in [0.1, 0.15) is 11.8 Å². The largest absolute Gasteiger partial charge is 0.353 e. The Balaban J connectivity index is 1.52. The number of ether oxygens (including phenoxy) is 1. The standard InChI is InChI=1S/C27H34N4O4/c1-26(2,3)16-23(32)30-14-11-27(12-15-30)31(25(34)21-9-5-4-6-10-21)22(19-35-27)24(33)29-18-20-8-7-13-28-17-20/h4-10,13,17,22H,11-12,14-16,18-19H2,1-3H3,(H,29,33)/t22-/m0/s1. The fourth-order valence-corrected chi connectivity index (χ4v) is 4.77. The highest BCUT2D eigenvalue weighted by Crippen LogP contribution is 2.39. The molecule has 0 bridgehead atoms. The van der Waals surface area contributed by atoms with Crippen LogP contribution < -0.4 is 5.32 Å². The van der Waals surface area contributed by atoms with Crippen LogP contribution in [0.1, 0.15) is 56.0 Å². The number of amides is 3. The number of piperidine rings is 1. The molecule has 2 aliphatic heterocycles. The van der Waals surface area contributed by atoms with Crippen molar-refractivity contribution < 1.29 is 19.1 Å². The predicted octanol–water partition coefficient (Wildman–Crippen LogP) is 2.99. The first-order valence-electron chi connectivity index (χ1n) is 12.2. The molecule has 1 spiro atoms. The molecule has 2 fully saturated rings. The number of hydrogen-bond donors (Lipinski definition) is 1. The van der Waals surface area contributed by atoms with Gasteiger partial charge in [0.05, 0.1) is 6.61 Å². The van der Waals surface area contributed by atoms with Crippen molar-refractivity contribution in [1.82, 2.24) is 20.1 Å². The van der Waals surface area contributed by atoms with Gasteiger partial charge in [0.25, 0.3) is 5.91 Å². The van der Waals surface area contributed by atoms with Gasteiger partial charge in [-0.15, -0.1) is 0 Å². The lowest BCUT2D eigenvalue weighted by atomic mass is 9.90. The van der Waals surface area contributed by atoms with Crippen LogP contribution in [0.25, 0.3) is 0 Å². The van der Waals surface area contributed by atoms with Gasteiger partial charge in [-0.3, -0.25) is 24.3 Å². The Morgan fingerprint density at radius 2 is 1.80 bits per heavy atom. The zero-order valence-corrected chi connectivity index (χ0v) is 20.7. The van der Waals surface area contributed by atoms with Crippen LogP contribution in [0.15, 0.2) is 54.9 Å². The molecule has 2 aliphatic rings. The van der Waals surface area contributed by atoms with Gasteiger partial charge >= 0.3 is 0 Å². The lowest BCUT2D eigenvalue weighted by Crippen LogP contribution is -2.59. The summed E-state index contributed by atoms with van der Waals surface area (Å²) in [7, 11) is 0. The number of rotatable bonds is 5. The minimum atomic E-state index is -0.915. The number of nitrogens with zero attached hydrogens (tertiary/aromatic N) is 3. The normalized spacial score (nSPS) is 19.6. The van der Waals surface area contributed by atoms with Crippen molar-refractivity contribution in [3.63, 3.8) is 0 Å². The molecule has 3 heterocycles. The van der Waals surface area contributed by atoms with Gasteiger partial charge < -0.3 is 15.0 Å². The van der Waals surface area contributed by atoms with Crippen molar-refractivity contribution in [1.29, 1.82) is 0 Å². The number of carbonyl (C=O) groups excluding carboxylic acids is 3. The van der Waals surface area contributed by atoms with Crippen molar-refractivity contribution >= 4 is 17.7 Å². The van der Waals surface area contributed by atoms with E-state index in [1.807, 2.05) is 56.0 Å². The Morgan fingerprint density at radius 1 is 1.09 bits per heavy atom. The molecule has 4 rings (SSSR count). The van der Waals surface area contributed by atoms with E-state index in [2.05, 4.69) is 10.3 Å². The van der Waals surface area contributed by atoms with Crippen LogP contribution in [-0.2, 0) is 20.9 Å². The van der Waals surface area contributed by atoms with Crippen LogP contribution in [0.4, 0.5) is 0 Å². The van der Waals surface area contributed by atoms with Gasteiger partial charge in [-0.2, -0.15) is 0 Å². The number of pyridine rings is 1. The molecule has 1 aromatic heterocycles. The molecular weight excluding hydrogens is 444 g/mol. The van der Waals surface area contributed by atoms with E-state index >= 15 is 0 Å². The van der Waals surface area contributed by atoms with E-state index in [9.17, 15) is 14.4 Å². The van der Waals surface area contributed by atoms with Crippen molar-refractivity contribution in [3.05, 3.63) is 66.0 Å². The highest BCUT2D eigenvalue weighted by Gasteiger charge is 2.54. The minimum Gasteiger partial charge on any atom is -0.353 e. The molecule has 35 heavy (non-hydrogen) atoms. The van der Waals surface area contributed by atoms with Crippen LogP contribution in [0.3, 0.4) is 0 Å². The Labute approximate surface area is 206 Å². The molecule has 2 aromatic rings. The molecule has 0 aliphatic carbocycles. The minimum absolute atomic E-state index is 0.0944. The highest BCUT2D eigenvalue weighted by atomic mass is 16.5. The van der Waals surface area contributed by atoms with E-state index in [0.717, 1.165) is 5.56 Å². The molecule has 8 heteroatoms. The third-order valence-electron chi connectivity index (χ3n) is 6.57. The maximum absolute atomic E-state index is 13.7. The van der Waals surface area contributed by atoms with Gasteiger partial charge in [0.2, 0.25) is 11.8 Å². The number of aromatic nitrogens is 1. The summed E-state index contributed by atoms with van der Waals surface area (Å²) in [6.07, 6.45) is 4.78. The summed E-state index contributed by atoms with van der Waals surface area (Å²) >= 11 is 0. The Kier molecular flexibility index (Phi) is 7.21. The van der Waals surface area contributed by atoms with Gasteiger partial charge in [0, 0.05) is 56.9 Å². The van der Waals surface area contributed by atoms with Crippen molar-refractivity contribution in [2.24, 2.45) is 5.41 Å². The molecule has 1 N–H and O–H groups in total. The number of benzene rings is 1. The first-order chi connectivity index (χ1) is 16.7. The average Bonchev–Trinajstić information content (AvgIpc) is 3.21. The molecule has 2 saturated heterocycles. The first-order valence-corrected chi connectivity index (χ1v) is 12.2. The van der Waals surface area contributed by atoms with Crippen LogP contribution in [0.5, 0.6) is 0 Å². The van der Waals surface area contributed by atoms with Crippen molar-refractivity contribution in [3.8, 4) is 0 Å². The van der Waals surface area contributed by atoms with E-state index in [-0.39, 0.29) is 29.7 Å². The van der Waals surface area contributed by atoms with E-state index in [0.29, 0.717) is 44.5 Å². The fraction of sp³-hybridized carbons (Fsp3) is 0.481. The SMILES string of the molecule is CC(C)(C)CC(=O)N1CCC2(CC1)OC[C@@H](C(=O)NCc1cccnc1)N2C(=O)c1ccccc1. The van der Waals surface area contributed by atoms with E-state index in [1.54, 1.807) is 29.4 Å². The number of likely N-dealkylation sites (tertiary alicyclic amines) is 1. The molecular formula is C27H34N4O4. The maximum atomic E-state index is 13.7. The molecule has 3 amide bonds. The maximum Gasteiger partial charge on any atom is 0.256 e. The van der Waals surface area contributed by atoms with E-state index in [1.165, 1.54) is 0 Å². The highest BCUT2D eigenvalue weighted by molar-refractivity contribution is 5.98. The molecule has 1 aromatic carbocycles. The Morgan fingerprint density at radius 3 is 2.43 bits per heavy atom. The summed E-state index contributed by atoms with van der Waals surface area (Å²) in [6.45, 7) is 7.54. The summed E-state index contributed by atoms with van der Waals surface area (Å²) in [5.74, 6) is -0.391. The number of carbonyl (C=O) groups is 3. The second kappa shape index (κ2) is 10.2. The average molecular weight is 479 g/mol. The quantitative estimate of drug-likeness (QED) is 0.713. The monoisotopic (exact) mass is 478 g/mol. The number of nitrogens with one attached hydrogen (secondary N) is 1. The molecule has 186 valence electrons. The van der Waals surface area contributed by atoms with Crippen molar-refractivity contribution in [2.75, 3.05) is 19.7 Å². The fourth-order valence-electron chi connectivity index (χ4n) is 4.77. The Bertz CT molecular complexity index is 1040. The van der Waals surface area contributed by atoms with Gasteiger partial charge in [-0.25, -0.2) is 0 Å². The van der Waals surface area contributed by atoms with Gasteiger partial charge in [-0.05, 0) is 29.2 Å². The summed E-state index contributed by atoms with van der Waals surface area (Å²) in [4.78, 5) is 47.3. The van der Waals surface area contributed by atoms with Crippen LogP contribution in [-0.4, -0.2) is 64.0 Å². The molecule has 8 nitrogen and oxygen atoms in total. The van der Waals surface area contributed by atoms with E-state index < -0.39 is 11.8 Å². The lowest BCUT2D eigenvalue weighted by molar-refractivity contribution is -0.145. The zero-order chi connectivity index (χ0) is 25.1. The van der Waals surface area contributed by atoms with Crippen molar-refractivity contribution in [2.45, 2.75) is 58.3 Å². The van der Waals surface area contributed by atoms with Crippen LogP contribution in [0.2, 0.25) is 0 Å². The first kappa shape index (κ1) is 24.9. The third kappa shape index (κ3) is 5.70. The summed E-state index contributed by atoms with van der Waals surface area (Å²) in [5.41, 5.74) is 0.375. The molecule has 0 unspecified atom stereocenters. The van der Waals surface area contributed by atoms with Crippen LogP contribution >= 0.6 is 0 Å².